The molecule has 1 aromatic rings. The second-order valence-corrected chi connectivity index (χ2v) is 1.49. The Morgan fingerprint density at radius 1 is 1.23 bits per heavy atom. The van der Waals surface area contributed by atoms with E-state index in [1.807, 2.05) is 39.8 Å². The van der Waals surface area contributed by atoms with Crippen molar-refractivity contribution in [3.05, 3.63) is 36.7 Å². The first-order valence-electron chi connectivity index (χ1n) is 4.46. The summed E-state index contributed by atoms with van der Waals surface area (Å²) in [5.41, 5.74) is 1.06. The Labute approximate surface area is 94.2 Å². The molecule has 0 aliphatic carbocycles. The third-order valence-corrected chi connectivity index (χ3v) is 0.920. The van der Waals surface area contributed by atoms with E-state index < -0.39 is 0 Å². The summed E-state index contributed by atoms with van der Waals surface area (Å²) in [5.74, 6) is 0. The molecule has 0 bridgehead atoms. The van der Waals surface area contributed by atoms with Gasteiger partial charge in [-0.3, -0.25) is 4.98 Å². The molecule has 1 heterocycles. The maximum Gasteiger partial charge on any atom is 0.0340 e. The van der Waals surface area contributed by atoms with E-state index >= 15 is 0 Å². The zero-order valence-corrected chi connectivity index (χ0v) is 10.4. The van der Waals surface area contributed by atoms with Crippen molar-refractivity contribution in [3.8, 4) is 0 Å². The molecule has 0 saturated heterocycles. The fourth-order valence-corrected chi connectivity index (χ4v) is 0.497. The topological polar surface area (TPSA) is 12.9 Å². The van der Waals surface area contributed by atoms with Crippen LogP contribution in [0.25, 0.3) is 6.08 Å². The van der Waals surface area contributed by atoms with Crippen molar-refractivity contribution in [2.24, 2.45) is 0 Å². The molecule has 0 atom stereocenters. The average Bonchev–Trinajstić information content (AvgIpc) is 2.25. The second kappa shape index (κ2) is 17.5. The molecule has 1 nitrogen and oxygen atoms in total. The van der Waals surface area contributed by atoms with Crippen LogP contribution in [-0.2, 0) is 18.6 Å². The van der Waals surface area contributed by atoms with Gasteiger partial charge in [-0.05, 0) is 11.6 Å². The maximum absolute atomic E-state index is 3.88. The number of nitrogens with zero attached hydrogens (tertiary/aromatic N) is 1. The fourth-order valence-electron chi connectivity index (χ4n) is 0.497. The van der Waals surface area contributed by atoms with Gasteiger partial charge in [-0.15, -0.1) is 0 Å². The van der Waals surface area contributed by atoms with Crippen LogP contribution in [0.5, 0.6) is 0 Å². The van der Waals surface area contributed by atoms with E-state index in [2.05, 4.69) is 11.6 Å². The number of aromatic nitrogens is 1. The van der Waals surface area contributed by atoms with Crippen molar-refractivity contribution in [2.75, 3.05) is 0 Å². The Morgan fingerprint density at radius 3 is 2.00 bits per heavy atom. The summed E-state index contributed by atoms with van der Waals surface area (Å²) in [6, 6.07) is 3.84. The molecule has 0 aliphatic rings. The van der Waals surface area contributed by atoms with Crippen LogP contribution < -0.4 is 0 Å². The minimum Gasteiger partial charge on any atom is -0.264 e. The van der Waals surface area contributed by atoms with Gasteiger partial charge < -0.3 is 0 Å². The minimum atomic E-state index is 0. The van der Waals surface area contributed by atoms with Crippen molar-refractivity contribution in [2.45, 2.75) is 27.7 Å². The predicted molar refractivity (Wildman–Crippen MR) is 57.0 cm³/mol. The summed E-state index contributed by atoms with van der Waals surface area (Å²) < 4.78 is 0. The van der Waals surface area contributed by atoms with Crippen LogP contribution in [0.15, 0.2) is 31.1 Å². The molecule has 0 aliphatic heterocycles. The smallest absolute Gasteiger partial charge is 0.0340 e. The molecule has 13 heavy (non-hydrogen) atoms. The van der Waals surface area contributed by atoms with Crippen molar-refractivity contribution >= 4 is 6.08 Å². The Balaban J connectivity index is -0.000000178. The van der Waals surface area contributed by atoms with E-state index in [1.165, 1.54) is 0 Å². The Bertz CT molecular complexity index is 173. The second-order valence-electron chi connectivity index (χ2n) is 1.49. The molecule has 0 N–H and O–H groups in total. The first-order valence-corrected chi connectivity index (χ1v) is 4.46. The van der Waals surface area contributed by atoms with E-state index in [1.54, 1.807) is 18.5 Å². The zero-order chi connectivity index (χ0) is 9.82. The van der Waals surface area contributed by atoms with Gasteiger partial charge in [0.25, 0.3) is 0 Å². The maximum atomic E-state index is 3.88. The molecular formula is C11H19NV. The number of pyridine rings is 1. The van der Waals surface area contributed by atoms with Crippen LogP contribution in [0.3, 0.4) is 0 Å². The van der Waals surface area contributed by atoms with Gasteiger partial charge >= 0.3 is 0 Å². The normalized spacial score (nSPS) is 6.15. The summed E-state index contributed by atoms with van der Waals surface area (Å²) in [7, 11) is 0. The summed E-state index contributed by atoms with van der Waals surface area (Å²) in [6.45, 7) is 11.6. The van der Waals surface area contributed by atoms with Crippen LogP contribution in [0.2, 0.25) is 0 Å². The SMILES string of the molecule is C=Cc1cccnc1.CC.CC.[V]. The largest absolute Gasteiger partial charge is 0.264 e. The van der Waals surface area contributed by atoms with Gasteiger partial charge in [0, 0.05) is 30.9 Å². The molecule has 73 valence electrons. The Morgan fingerprint density at radius 2 is 1.77 bits per heavy atom. The van der Waals surface area contributed by atoms with Crippen molar-refractivity contribution in [3.63, 3.8) is 0 Å². The summed E-state index contributed by atoms with van der Waals surface area (Å²) in [6.07, 6.45) is 5.28. The molecule has 0 amide bonds. The standard InChI is InChI=1S/C7H7N.2C2H6.V/c1-2-7-4-3-5-8-6-7;2*1-2;/h2-6H,1H2;2*1-2H3;. The van der Waals surface area contributed by atoms with Crippen LogP contribution >= 0.6 is 0 Å². The zero-order valence-electron chi connectivity index (χ0n) is 8.99. The first-order chi connectivity index (χ1) is 5.93. The van der Waals surface area contributed by atoms with E-state index in [0.29, 0.717) is 0 Å². The third-order valence-electron chi connectivity index (χ3n) is 0.920. The van der Waals surface area contributed by atoms with Gasteiger partial charge in [0.15, 0.2) is 0 Å². The van der Waals surface area contributed by atoms with Crippen molar-refractivity contribution < 1.29 is 18.6 Å². The van der Waals surface area contributed by atoms with Gasteiger partial charge in [0.2, 0.25) is 0 Å². The number of hydrogen-bond acceptors (Lipinski definition) is 1. The van der Waals surface area contributed by atoms with Crippen LogP contribution in [0.4, 0.5) is 0 Å². The predicted octanol–water partition coefficient (Wildman–Crippen LogP) is 3.77. The van der Waals surface area contributed by atoms with Gasteiger partial charge in [0.1, 0.15) is 0 Å². The van der Waals surface area contributed by atoms with Crippen molar-refractivity contribution in [1.82, 2.24) is 4.98 Å². The molecule has 1 rings (SSSR count). The van der Waals surface area contributed by atoms with Crippen LogP contribution in [0.1, 0.15) is 33.3 Å². The van der Waals surface area contributed by atoms with Gasteiger partial charge in [-0.1, -0.05) is 46.4 Å². The Kier molecular flexibility index (Phi) is 24.7. The molecule has 2 heteroatoms. The Hall–Kier alpha value is -0.526. The monoisotopic (exact) mass is 216 g/mol. The minimum absolute atomic E-state index is 0. The van der Waals surface area contributed by atoms with E-state index in [0.717, 1.165) is 5.56 Å². The molecule has 1 radical (unpaired) electrons. The summed E-state index contributed by atoms with van der Waals surface area (Å²) in [5, 5.41) is 0. The third kappa shape index (κ3) is 11.5. The van der Waals surface area contributed by atoms with Gasteiger partial charge in [-0.2, -0.15) is 0 Å². The summed E-state index contributed by atoms with van der Waals surface area (Å²) in [4.78, 5) is 3.88. The van der Waals surface area contributed by atoms with Crippen LogP contribution in [-0.4, -0.2) is 4.98 Å². The average molecular weight is 216 g/mol. The van der Waals surface area contributed by atoms with E-state index in [9.17, 15) is 0 Å². The molecule has 0 aromatic carbocycles. The number of hydrogen-bond donors (Lipinski definition) is 0. The van der Waals surface area contributed by atoms with Crippen LogP contribution in [0, 0.1) is 0 Å². The molecule has 0 fully saturated rings. The molecule has 0 spiro atoms. The first kappa shape index (κ1) is 18.3. The number of rotatable bonds is 1. The quantitative estimate of drug-likeness (QED) is 0.696. The molecule has 0 saturated carbocycles. The molecular weight excluding hydrogens is 197 g/mol. The molecule has 0 unspecified atom stereocenters. The molecule has 1 aromatic heterocycles. The van der Waals surface area contributed by atoms with E-state index in [4.69, 9.17) is 0 Å². The van der Waals surface area contributed by atoms with E-state index in [-0.39, 0.29) is 18.6 Å². The van der Waals surface area contributed by atoms with Crippen molar-refractivity contribution in [1.29, 1.82) is 0 Å². The summed E-state index contributed by atoms with van der Waals surface area (Å²) >= 11 is 0. The van der Waals surface area contributed by atoms with Gasteiger partial charge in [0.05, 0.1) is 0 Å². The van der Waals surface area contributed by atoms with Gasteiger partial charge in [-0.25, -0.2) is 0 Å². The fraction of sp³-hybridized carbons (Fsp3) is 0.364.